The van der Waals surface area contributed by atoms with Crippen molar-refractivity contribution in [1.82, 2.24) is 10.2 Å². The standard InChI is InChI=1S/C13H27N3O/c1-10-5-7-16(11(2)9-10)8-6-13(3,15-4)12(14)17/h10-11,15H,5-9H2,1-4H3,(H2,14,17). The van der Waals surface area contributed by atoms with Crippen molar-refractivity contribution < 1.29 is 4.79 Å². The Labute approximate surface area is 105 Å². The molecule has 0 spiro atoms. The fourth-order valence-corrected chi connectivity index (χ4v) is 2.53. The summed E-state index contributed by atoms with van der Waals surface area (Å²) >= 11 is 0. The van der Waals surface area contributed by atoms with E-state index in [1.807, 2.05) is 6.92 Å². The molecule has 0 radical (unpaired) electrons. The number of nitrogens with one attached hydrogen (secondary N) is 1. The SMILES string of the molecule is CNC(C)(CCN1CCC(C)CC1C)C(N)=O. The smallest absolute Gasteiger partial charge is 0.237 e. The molecule has 4 heteroatoms. The molecule has 1 aliphatic rings. The molecule has 3 unspecified atom stereocenters. The van der Waals surface area contributed by atoms with Crippen molar-refractivity contribution in [2.45, 2.75) is 51.6 Å². The summed E-state index contributed by atoms with van der Waals surface area (Å²) < 4.78 is 0. The summed E-state index contributed by atoms with van der Waals surface area (Å²) in [6.07, 6.45) is 3.29. The fraction of sp³-hybridized carbons (Fsp3) is 0.923. The molecule has 3 N–H and O–H groups in total. The van der Waals surface area contributed by atoms with E-state index in [0.717, 1.165) is 25.4 Å². The number of carbonyl (C=O) groups excluding carboxylic acids is 1. The first-order valence-corrected chi connectivity index (χ1v) is 6.62. The van der Waals surface area contributed by atoms with Crippen molar-refractivity contribution in [3.05, 3.63) is 0 Å². The van der Waals surface area contributed by atoms with Gasteiger partial charge in [-0.05, 0) is 52.6 Å². The van der Waals surface area contributed by atoms with Crippen LogP contribution in [-0.2, 0) is 4.79 Å². The van der Waals surface area contributed by atoms with Crippen LogP contribution < -0.4 is 11.1 Å². The Balaban J connectivity index is 2.47. The maximum Gasteiger partial charge on any atom is 0.237 e. The van der Waals surface area contributed by atoms with Crippen molar-refractivity contribution in [3.8, 4) is 0 Å². The number of nitrogens with two attached hydrogens (primary N) is 1. The Kier molecular flexibility index (Phi) is 4.95. The van der Waals surface area contributed by atoms with Gasteiger partial charge in [0.1, 0.15) is 0 Å². The number of hydrogen-bond donors (Lipinski definition) is 2. The van der Waals surface area contributed by atoms with Gasteiger partial charge < -0.3 is 16.0 Å². The third kappa shape index (κ3) is 3.68. The zero-order valence-electron chi connectivity index (χ0n) is 11.6. The molecule has 0 saturated carbocycles. The van der Waals surface area contributed by atoms with E-state index < -0.39 is 5.54 Å². The summed E-state index contributed by atoms with van der Waals surface area (Å²) in [6.45, 7) is 8.55. The van der Waals surface area contributed by atoms with Crippen LogP contribution in [0.5, 0.6) is 0 Å². The lowest BCUT2D eigenvalue weighted by atomic mass is 9.91. The molecule has 0 aliphatic carbocycles. The minimum Gasteiger partial charge on any atom is -0.368 e. The molecule has 0 aromatic carbocycles. The van der Waals surface area contributed by atoms with Gasteiger partial charge in [-0.15, -0.1) is 0 Å². The average Bonchev–Trinajstić information content (AvgIpc) is 2.27. The third-order valence-electron chi connectivity index (χ3n) is 4.27. The summed E-state index contributed by atoms with van der Waals surface area (Å²) in [4.78, 5) is 13.9. The Hall–Kier alpha value is -0.610. The summed E-state index contributed by atoms with van der Waals surface area (Å²) in [5, 5.41) is 3.04. The minimum atomic E-state index is -0.581. The van der Waals surface area contributed by atoms with Gasteiger partial charge in [0.15, 0.2) is 0 Å². The topological polar surface area (TPSA) is 58.4 Å². The van der Waals surface area contributed by atoms with Crippen molar-refractivity contribution >= 4 is 5.91 Å². The van der Waals surface area contributed by atoms with Crippen molar-refractivity contribution in [2.24, 2.45) is 11.7 Å². The van der Waals surface area contributed by atoms with Crippen LogP contribution in [0, 0.1) is 5.92 Å². The number of rotatable bonds is 5. The number of primary amides is 1. The van der Waals surface area contributed by atoms with Gasteiger partial charge in [0.25, 0.3) is 0 Å². The third-order valence-corrected chi connectivity index (χ3v) is 4.27. The van der Waals surface area contributed by atoms with E-state index in [2.05, 4.69) is 24.1 Å². The lowest BCUT2D eigenvalue weighted by molar-refractivity contribution is -0.124. The number of carbonyl (C=O) groups is 1. The Morgan fingerprint density at radius 1 is 1.53 bits per heavy atom. The van der Waals surface area contributed by atoms with Gasteiger partial charge in [0, 0.05) is 12.6 Å². The largest absolute Gasteiger partial charge is 0.368 e. The first kappa shape index (κ1) is 14.5. The zero-order chi connectivity index (χ0) is 13.1. The number of hydrogen-bond acceptors (Lipinski definition) is 3. The second kappa shape index (κ2) is 5.83. The van der Waals surface area contributed by atoms with Gasteiger partial charge in [-0.1, -0.05) is 6.92 Å². The van der Waals surface area contributed by atoms with E-state index in [9.17, 15) is 4.79 Å². The highest BCUT2D eigenvalue weighted by Crippen LogP contribution is 2.23. The maximum atomic E-state index is 11.4. The molecule has 1 fully saturated rings. The molecule has 0 bridgehead atoms. The lowest BCUT2D eigenvalue weighted by Crippen LogP contribution is -2.54. The van der Waals surface area contributed by atoms with Crippen molar-refractivity contribution in [2.75, 3.05) is 20.1 Å². The maximum absolute atomic E-state index is 11.4. The average molecular weight is 241 g/mol. The fourth-order valence-electron chi connectivity index (χ4n) is 2.53. The van der Waals surface area contributed by atoms with Gasteiger partial charge in [0.2, 0.25) is 5.91 Å². The quantitative estimate of drug-likeness (QED) is 0.754. The molecular formula is C13H27N3O. The number of nitrogens with zero attached hydrogens (tertiary/aromatic N) is 1. The molecule has 4 nitrogen and oxygen atoms in total. The second-order valence-electron chi connectivity index (χ2n) is 5.71. The zero-order valence-corrected chi connectivity index (χ0v) is 11.6. The van der Waals surface area contributed by atoms with Gasteiger partial charge in [-0.2, -0.15) is 0 Å². The summed E-state index contributed by atoms with van der Waals surface area (Å²) in [5.41, 5.74) is 4.85. The minimum absolute atomic E-state index is 0.266. The van der Waals surface area contributed by atoms with Gasteiger partial charge >= 0.3 is 0 Å². The highest BCUT2D eigenvalue weighted by Gasteiger charge is 2.31. The van der Waals surface area contributed by atoms with Crippen LogP contribution in [0.1, 0.15) is 40.0 Å². The van der Waals surface area contributed by atoms with Gasteiger partial charge in [0.05, 0.1) is 5.54 Å². The van der Waals surface area contributed by atoms with Gasteiger partial charge in [-0.3, -0.25) is 4.79 Å². The molecular weight excluding hydrogens is 214 g/mol. The number of likely N-dealkylation sites (tertiary alicyclic amines) is 1. The Morgan fingerprint density at radius 3 is 2.65 bits per heavy atom. The number of piperidine rings is 1. The van der Waals surface area contributed by atoms with E-state index >= 15 is 0 Å². The Bertz CT molecular complexity index is 269. The monoisotopic (exact) mass is 241 g/mol. The van der Waals surface area contributed by atoms with E-state index in [1.165, 1.54) is 12.8 Å². The second-order valence-corrected chi connectivity index (χ2v) is 5.71. The first-order chi connectivity index (χ1) is 7.89. The van der Waals surface area contributed by atoms with E-state index in [1.54, 1.807) is 7.05 Å². The van der Waals surface area contributed by atoms with Crippen LogP contribution in [0.15, 0.2) is 0 Å². The molecule has 17 heavy (non-hydrogen) atoms. The van der Waals surface area contributed by atoms with Crippen molar-refractivity contribution in [1.29, 1.82) is 0 Å². The molecule has 1 rings (SSSR count). The van der Waals surface area contributed by atoms with Crippen LogP contribution in [0.4, 0.5) is 0 Å². The highest BCUT2D eigenvalue weighted by molar-refractivity contribution is 5.84. The van der Waals surface area contributed by atoms with Gasteiger partial charge in [-0.25, -0.2) is 0 Å². The van der Waals surface area contributed by atoms with Crippen LogP contribution >= 0.6 is 0 Å². The molecule has 0 aromatic heterocycles. The van der Waals surface area contributed by atoms with Crippen LogP contribution in [-0.4, -0.2) is 42.5 Å². The molecule has 0 aromatic rings. The Morgan fingerprint density at radius 2 is 2.18 bits per heavy atom. The predicted molar refractivity (Wildman–Crippen MR) is 70.7 cm³/mol. The molecule has 1 aliphatic heterocycles. The molecule has 100 valence electrons. The predicted octanol–water partition coefficient (Wildman–Crippen LogP) is 0.960. The summed E-state index contributed by atoms with van der Waals surface area (Å²) in [6, 6.07) is 0.618. The van der Waals surface area contributed by atoms with E-state index in [4.69, 9.17) is 5.73 Å². The molecule has 1 heterocycles. The van der Waals surface area contributed by atoms with E-state index in [-0.39, 0.29) is 5.91 Å². The molecule has 3 atom stereocenters. The van der Waals surface area contributed by atoms with Crippen LogP contribution in [0.3, 0.4) is 0 Å². The number of amides is 1. The molecule has 1 amide bonds. The summed E-state index contributed by atoms with van der Waals surface area (Å²) in [5.74, 6) is 0.561. The first-order valence-electron chi connectivity index (χ1n) is 6.62. The highest BCUT2D eigenvalue weighted by atomic mass is 16.1. The van der Waals surface area contributed by atoms with Crippen LogP contribution in [0.2, 0.25) is 0 Å². The summed E-state index contributed by atoms with van der Waals surface area (Å²) in [7, 11) is 1.80. The van der Waals surface area contributed by atoms with E-state index in [0.29, 0.717) is 6.04 Å². The normalized spacial score (nSPS) is 29.9. The number of likely N-dealkylation sites (N-methyl/N-ethyl adjacent to an activating group) is 1. The van der Waals surface area contributed by atoms with Crippen LogP contribution in [0.25, 0.3) is 0 Å². The van der Waals surface area contributed by atoms with Crippen molar-refractivity contribution in [3.63, 3.8) is 0 Å². The molecule has 1 saturated heterocycles. The lowest BCUT2D eigenvalue weighted by Gasteiger charge is -2.38.